The number of aliphatic hydroxyl groups is 4. The van der Waals surface area contributed by atoms with Gasteiger partial charge in [0.25, 0.3) is 0 Å². The molecule has 118 heavy (non-hydrogen) atoms. The lowest BCUT2D eigenvalue weighted by Gasteiger charge is -2.22. The first-order chi connectivity index (χ1) is 57.5. The third kappa shape index (κ3) is 38.0. The lowest BCUT2D eigenvalue weighted by atomic mass is 9.90. The first kappa shape index (κ1) is 98.8. The van der Waals surface area contributed by atoms with Crippen LogP contribution in [0.1, 0.15) is 383 Å². The molecule has 6 aromatic rings. The van der Waals surface area contributed by atoms with Gasteiger partial charge in [-0.05, 0) is 267 Å². The van der Waals surface area contributed by atoms with Crippen molar-refractivity contribution in [2.45, 2.75) is 350 Å². The highest BCUT2D eigenvalue weighted by atomic mass is 16.5. The number of ether oxygens (including phenoxy) is 6. The molecule has 4 N–H and O–H groups in total. The molecule has 0 radical (unpaired) electrons. The van der Waals surface area contributed by atoms with Crippen LogP contribution in [0.15, 0.2) is 152 Å². The van der Waals surface area contributed by atoms with Gasteiger partial charge >= 0.3 is 0 Å². The summed E-state index contributed by atoms with van der Waals surface area (Å²) in [5, 5.41) is 40.3. The van der Waals surface area contributed by atoms with E-state index in [2.05, 4.69) is 136 Å². The zero-order valence-electron chi connectivity index (χ0n) is 75.9. The van der Waals surface area contributed by atoms with Crippen molar-refractivity contribution in [1.29, 1.82) is 0 Å². The fraction of sp³-hybridized carbons (Fsp3) is 0.648. The highest BCUT2D eigenvalue weighted by Gasteiger charge is 2.24. The van der Waals surface area contributed by atoms with Crippen LogP contribution in [0.2, 0.25) is 0 Å². The summed E-state index contributed by atoms with van der Waals surface area (Å²) < 4.78 is 35.8. The average molecular weight is 1620 g/mol. The van der Waals surface area contributed by atoms with Crippen LogP contribution in [-0.4, -0.2) is 66.7 Å². The van der Waals surface area contributed by atoms with Gasteiger partial charge < -0.3 is 48.8 Å². The molecule has 0 amide bonds. The number of rotatable bonds is 37. The van der Waals surface area contributed by atoms with Gasteiger partial charge in [0.05, 0.1) is 58.0 Å². The van der Waals surface area contributed by atoms with E-state index in [0.29, 0.717) is 23.7 Å². The van der Waals surface area contributed by atoms with E-state index in [1.165, 1.54) is 228 Å². The van der Waals surface area contributed by atoms with Gasteiger partial charge in [0.15, 0.2) is 0 Å². The summed E-state index contributed by atoms with van der Waals surface area (Å²) in [7, 11) is 0. The van der Waals surface area contributed by atoms with E-state index in [1.54, 1.807) is 0 Å². The number of allylic oxidation sites excluding steroid dienone is 1. The first-order valence-electron chi connectivity index (χ1n) is 48.2. The molecule has 6 aliphatic carbocycles. The van der Waals surface area contributed by atoms with Crippen molar-refractivity contribution in [2.24, 2.45) is 53.3 Å². The monoisotopic (exact) mass is 1620 g/mol. The van der Waals surface area contributed by atoms with Crippen molar-refractivity contribution in [2.75, 3.05) is 46.2 Å². The Morgan fingerprint density at radius 2 is 0.559 bits per heavy atom. The molecule has 6 saturated carbocycles. The van der Waals surface area contributed by atoms with Crippen molar-refractivity contribution >= 4 is 5.57 Å². The standard InChI is InChI=1S/4C18H28O2.C18H28O.C18H26O/c3*1-3-14(2)18(19)16-10-7-11-17(12-16)20-13-15-8-5-4-6-9-15;1-2-7-17(13-19)16-10-6-11-18(12-16)20-14-15-8-4-3-5-9-15;2*1-3-8-15(2)17-11-7-12-18(13-17)19-14-16-9-5-4-6-10-16/h3*7,10-12,14-15,18-19H,3-6,8-9,13H2,1-2H3;6,10-12,15,17,19H,2-5,7-9,13-14H2,1H3;7,11-13,15-16H,3-6,8-10,14H2,1-2H3;7,11-13,16H,2-6,8-10,14H2,1H3/t14-,18+;2*14-,18-;;;/m010.../s1. The molecule has 10 nitrogen and oxygen atoms in total. The Bertz CT molecular complexity index is 3240. The summed E-state index contributed by atoms with van der Waals surface area (Å²) in [6, 6.07) is 49.3. The zero-order valence-corrected chi connectivity index (χ0v) is 75.9. The number of hydrogen-bond donors (Lipinski definition) is 4. The maximum Gasteiger partial charge on any atom is 0.119 e. The highest BCUT2D eigenvalue weighted by Crippen LogP contribution is 2.36. The highest BCUT2D eigenvalue weighted by molar-refractivity contribution is 5.64. The SMILES string of the molecule is C=C(CCC)c1cccc(OCC2CCCCC2)c1.CCCC(C)c1cccc(OCC2CCCCC2)c1.CCCC(CO)c1cccc(OCC2CCCCC2)c1.CC[C@@H](C)[C@@H](O)c1cccc(OCC2CCCCC2)c1.CC[C@H](C)[C@@H](O)c1cccc(OCC2CCCCC2)c1.CC[C@H](C)[C@H](O)c1cccc(OCC2CCCCC2)c1. The molecule has 0 saturated heterocycles. The number of hydrogen-bond acceptors (Lipinski definition) is 10. The fourth-order valence-corrected chi connectivity index (χ4v) is 17.8. The van der Waals surface area contributed by atoms with E-state index < -0.39 is 18.3 Å². The average Bonchev–Trinajstić information content (AvgIpc) is 1.10. The molecule has 10 heteroatoms. The van der Waals surface area contributed by atoms with Gasteiger partial charge in [-0.15, -0.1) is 0 Å². The van der Waals surface area contributed by atoms with Gasteiger partial charge in [-0.25, -0.2) is 0 Å². The maximum absolute atomic E-state index is 10.3. The molecular formula is C108H166O10. The Morgan fingerprint density at radius 3 is 0.822 bits per heavy atom. The van der Waals surface area contributed by atoms with Gasteiger partial charge in [-0.2, -0.15) is 0 Å². The second-order valence-electron chi connectivity index (χ2n) is 36.5. The molecule has 0 heterocycles. The number of benzene rings is 6. The van der Waals surface area contributed by atoms with Gasteiger partial charge in [-0.1, -0.05) is 303 Å². The fourth-order valence-electron chi connectivity index (χ4n) is 17.8. The van der Waals surface area contributed by atoms with Gasteiger partial charge in [0, 0.05) is 12.5 Å². The summed E-state index contributed by atoms with van der Waals surface area (Å²) in [5.41, 5.74) is 7.98. The molecule has 658 valence electrons. The zero-order chi connectivity index (χ0) is 84.3. The lowest BCUT2D eigenvalue weighted by Crippen LogP contribution is -2.15. The Hall–Kier alpha value is -6.30. The van der Waals surface area contributed by atoms with Crippen LogP contribution in [0.25, 0.3) is 5.57 Å². The van der Waals surface area contributed by atoms with Gasteiger partial charge in [0.1, 0.15) is 34.5 Å². The molecule has 0 aromatic heterocycles. The molecule has 6 aromatic carbocycles. The maximum atomic E-state index is 10.3. The van der Waals surface area contributed by atoms with E-state index in [-0.39, 0.29) is 30.3 Å². The minimum atomic E-state index is -0.391. The minimum Gasteiger partial charge on any atom is -0.493 e. The molecule has 0 aliphatic heterocycles. The molecule has 0 spiro atoms. The molecular weight excluding hydrogens is 1460 g/mol. The predicted molar refractivity (Wildman–Crippen MR) is 496 cm³/mol. The first-order valence-corrected chi connectivity index (χ1v) is 48.2. The minimum absolute atomic E-state index is 0.222. The van der Waals surface area contributed by atoms with Crippen LogP contribution in [0.3, 0.4) is 0 Å². The van der Waals surface area contributed by atoms with Crippen molar-refractivity contribution < 1.29 is 48.8 Å². The molecule has 2 unspecified atom stereocenters. The van der Waals surface area contributed by atoms with E-state index in [1.807, 2.05) is 84.9 Å². The van der Waals surface area contributed by atoms with E-state index >= 15 is 0 Å². The summed E-state index contributed by atoms with van der Waals surface area (Å²) in [6.45, 7) is 31.0. The quantitative estimate of drug-likeness (QED) is 0.0298. The van der Waals surface area contributed by atoms with Crippen LogP contribution in [0.5, 0.6) is 34.5 Å². The van der Waals surface area contributed by atoms with E-state index in [9.17, 15) is 20.4 Å². The molecule has 6 aliphatic rings. The number of aliphatic hydroxyl groups excluding tert-OH is 4. The summed E-state index contributed by atoms with van der Waals surface area (Å²) in [6.07, 6.45) is 49.1. The third-order valence-corrected chi connectivity index (χ3v) is 26.5. The van der Waals surface area contributed by atoms with Crippen molar-refractivity contribution in [3.8, 4) is 34.5 Å². The van der Waals surface area contributed by atoms with Crippen molar-refractivity contribution in [3.05, 3.63) is 186 Å². The van der Waals surface area contributed by atoms with Crippen molar-refractivity contribution in [1.82, 2.24) is 0 Å². The van der Waals surface area contributed by atoms with Gasteiger partial charge in [-0.3, -0.25) is 0 Å². The van der Waals surface area contributed by atoms with E-state index in [4.69, 9.17) is 28.4 Å². The largest absolute Gasteiger partial charge is 0.493 e. The topological polar surface area (TPSA) is 136 Å². The van der Waals surface area contributed by atoms with E-state index in [0.717, 1.165) is 154 Å². The summed E-state index contributed by atoms with van der Waals surface area (Å²) in [5.74, 6) is 11.9. The predicted octanol–water partition coefficient (Wildman–Crippen LogP) is 29.7. The van der Waals surface area contributed by atoms with Crippen LogP contribution in [-0.2, 0) is 0 Å². The van der Waals surface area contributed by atoms with Gasteiger partial charge in [0.2, 0.25) is 0 Å². The second-order valence-corrected chi connectivity index (χ2v) is 36.5. The second kappa shape index (κ2) is 58.7. The molecule has 0 bridgehead atoms. The molecule has 8 atom stereocenters. The Kier molecular flexibility index (Phi) is 49.1. The van der Waals surface area contributed by atoms with Crippen molar-refractivity contribution in [3.63, 3.8) is 0 Å². The normalized spacial score (nSPS) is 18.5. The lowest BCUT2D eigenvalue weighted by molar-refractivity contribution is 0.115. The molecule has 12 rings (SSSR count). The van der Waals surface area contributed by atoms with Crippen LogP contribution in [0.4, 0.5) is 0 Å². The molecule has 6 fully saturated rings. The summed E-state index contributed by atoms with van der Waals surface area (Å²) in [4.78, 5) is 0. The Labute approximate surface area is 719 Å². The summed E-state index contributed by atoms with van der Waals surface area (Å²) >= 11 is 0. The van der Waals surface area contributed by atoms with Crippen LogP contribution in [0, 0.1) is 53.3 Å². The smallest absolute Gasteiger partial charge is 0.119 e. The van der Waals surface area contributed by atoms with Crippen LogP contribution >= 0.6 is 0 Å². The Morgan fingerprint density at radius 1 is 0.314 bits per heavy atom. The third-order valence-electron chi connectivity index (χ3n) is 26.5. The van der Waals surface area contributed by atoms with Crippen LogP contribution < -0.4 is 28.4 Å². The Balaban J connectivity index is 0.000000195.